The highest BCUT2D eigenvalue weighted by Crippen LogP contribution is 2.26. The molecule has 3 N–H and O–H groups in total. The molecule has 0 radical (unpaired) electrons. The maximum atomic E-state index is 9.06. The van der Waals surface area contributed by atoms with E-state index in [1.807, 2.05) is 6.07 Å². The average Bonchev–Trinajstić information content (AvgIpc) is 2.65. The molecular weight excluding hydrogens is 210 g/mol. The van der Waals surface area contributed by atoms with Gasteiger partial charge in [-0.2, -0.15) is 4.37 Å². The van der Waals surface area contributed by atoms with Crippen LogP contribution in [0.1, 0.15) is 26.7 Å². The zero-order chi connectivity index (χ0) is 11.3. The lowest BCUT2D eigenvalue weighted by Gasteiger charge is -2.30. The van der Waals surface area contributed by atoms with Gasteiger partial charge in [0.05, 0.1) is 6.61 Å². The summed E-state index contributed by atoms with van der Waals surface area (Å²) in [4.78, 5) is 2.19. The molecule has 0 aromatic carbocycles. The highest BCUT2D eigenvalue weighted by molar-refractivity contribution is 7.10. The van der Waals surface area contributed by atoms with Crippen LogP contribution < -0.4 is 10.6 Å². The standard InChI is InChI=1S/C10H19N3OS/c1-3-8(4-2)13(5-6-14)10-7-9(11)12-15-10/h7-8,14H,3-6H2,1-2H3,(H2,11,12). The van der Waals surface area contributed by atoms with Crippen molar-refractivity contribution in [1.29, 1.82) is 0 Å². The number of rotatable bonds is 6. The van der Waals surface area contributed by atoms with Crippen molar-refractivity contribution in [3.63, 3.8) is 0 Å². The molecule has 0 amide bonds. The van der Waals surface area contributed by atoms with Crippen molar-refractivity contribution in [1.82, 2.24) is 4.37 Å². The molecule has 86 valence electrons. The van der Waals surface area contributed by atoms with Crippen LogP contribution in [0.4, 0.5) is 10.8 Å². The minimum atomic E-state index is 0.161. The fourth-order valence-corrected chi connectivity index (χ4v) is 2.49. The first-order chi connectivity index (χ1) is 7.22. The van der Waals surface area contributed by atoms with Crippen LogP contribution in [-0.2, 0) is 0 Å². The van der Waals surface area contributed by atoms with E-state index < -0.39 is 0 Å². The van der Waals surface area contributed by atoms with Gasteiger partial charge in [0.25, 0.3) is 0 Å². The van der Waals surface area contributed by atoms with E-state index >= 15 is 0 Å². The summed E-state index contributed by atoms with van der Waals surface area (Å²) in [5.41, 5.74) is 5.61. The van der Waals surface area contributed by atoms with E-state index in [4.69, 9.17) is 10.8 Å². The van der Waals surface area contributed by atoms with Gasteiger partial charge in [-0.15, -0.1) is 0 Å². The SMILES string of the molecule is CCC(CC)N(CCO)c1cc(N)ns1. The number of aliphatic hydroxyl groups is 1. The van der Waals surface area contributed by atoms with Gasteiger partial charge in [-0.1, -0.05) is 13.8 Å². The van der Waals surface area contributed by atoms with Crippen molar-refractivity contribution in [3.05, 3.63) is 6.07 Å². The Morgan fingerprint density at radius 1 is 1.53 bits per heavy atom. The number of nitrogen functional groups attached to an aromatic ring is 1. The van der Waals surface area contributed by atoms with Crippen molar-refractivity contribution in [2.45, 2.75) is 32.7 Å². The first kappa shape index (κ1) is 12.3. The second kappa shape index (κ2) is 5.92. The molecule has 0 aliphatic carbocycles. The predicted octanol–water partition coefficient (Wildman–Crippen LogP) is 1.71. The Bertz CT molecular complexity index is 286. The molecular formula is C10H19N3OS. The van der Waals surface area contributed by atoms with Crippen molar-refractivity contribution >= 4 is 22.4 Å². The quantitative estimate of drug-likeness (QED) is 0.779. The van der Waals surface area contributed by atoms with Crippen LogP contribution in [0.3, 0.4) is 0 Å². The third kappa shape index (κ3) is 3.07. The fourth-order valence-electron chi connectivity index (χ4n) is 1.72. The smallest absolute Gasteiger partial charge is 0.139 e. The molecule has 1 aromatic heterocycles. The summed E-state index contributed by atoms with van der Waals surface area (Å²) in [6.07, 6.45) is 2.13. The molecule has 1 aromatic rings. The second-order valence-corrected chi connectivity index (χ2v) is 4.26. The number of nitrogens with zero attached hydrogens (tertiary/aromatic N) is 2. The molecule has 5 heteroatoms. The van der Waals surface area contributed by atoms with Crippen LogP contribution >= 0.6 is 11.5 Å². The van der Waals surface area contributed by atoms with Gasteiger partial charge in [-0.05, 0) is 24.4 Å². The Labute approximate surface area is 94.9 Å². The van der Waals surface area contributed by atoms with Gasteiger partial charge in [0.2, 0.25) is 0 Å². The van der Waals surface area contributed by atoms with E-state index in [0.29, 0.717) is 18.4 Å². The van der Waals surface area contributed by atoms with E-state index in [-0.39, 0.29) is 6.61 Å². The average molecular weight is 229 g/mol. The summed E-state index contributed by atoms with van der Waals surface area (Å²) in [7, 11) is 0. The molecule has 1 heterocycles. The summed E-state index contributed by atoms with van der Waals surface area (Å²) in [6, 6.07) is 2.33. The van der Waals surface area contributed by atoms with E-state index in [9.17, 15) is 0 Å². The minimum absolute atomic E-state index is 0.161. The van der Waals surface area contributed by atoms with Crippen molar-refractivity contribution in [2.24, 2.45) is 0 Å². The van der Waals surface area contributed by atoms with Gasteiger partial charge in [-0.25, -0.2) is 0 Å². The molecule has 0 atom stereocenters. The normalized spacial score (nSPS) is 10.9. The lowest BCUT2D eigenvalue weighted by Crippen LogP contribution is -2.36. The lowest BCUT2D eigenvalue weighted by molar-refractivity contribution is 0.296. The number of nitrogens with two attached hydrogens (primary N) is 1. The summed E-state index contributed by atoms with van der Waals surface area (Å²) in [5, 5.41) is 10.1. The molecule has 1 rings (SSSR count). The van der Waals surface area contributed by atoms with Crippen molar-refractivity contribution < 1.29 is 5.11 Å². The molecule has 0 saturated heterocycles. The van der Waals surface area contributed by atoms with Gasteiger partial charge >= 0.3 is 0 Å². The molecule has 0 fully saturated rings. The van der Waals surface area contributed by atoms with Crippen LogP contribution in [0.15, 0.2) is 6.07 Å². The third-order valence-corrected chi connectivity index (χ3v) is 3.36. The van der Waals surface area contributed by atoms with Gasteiger partial charge in [0, 0.05) is 18.7 Å². The largest absolute Gasteiger partial charge is 0.395 e. The molecule has 0 spiro atoms. The molecule has 4 nitrogen and oxygen atoms in total. The summed E-state index contributed by atoms with van der Waals surface area (Å²) >= 11 is 1.40. The zero-order valence-corrected chi connectivity index (χ0v) is 10.1. The van der Waals surface area contributed by atoms with Crippen molar-refractivity contribution in [3.8, 4) is 0 Å². The van der Waals surface area contributed by atoms with E-state index in [1.54, 1.807) is 0 Å². The zero-order valence-electron chi connectivity index (χ0n) is 9.31. The fraction of sp³-hybridized carbons (Fsp3) is 0.700. The topological polar surface area (TPSA) is 62.4 Å². The number of hydrogen-bond acceptors (Lipinski definition) is 5. The summed E-state index contributed by atoms with van der Waals surface area (Å²) in [5.74, 6) is 0.559. The highest BCUT2D eigenvalue weighted by Gasteiger charge is 2.17. The van der Waals surface area contributed by atoms with Crippen LogP contribution in [0.5, 0.6) is 0 Å². The Kier molecular flexibility index (Phi) is 4.84. The van der Waals surface area contributed by atoms with Crippen LogP contribution in [0.2, 0.25) is 0 Å². The lowest BCUT2D eigenvalue weighted by atomic mass is 10.1. The first-order valence-corrected chi connectivity index (χ1v) is 6.09. The number of aliphatic hydroxyl groups excluding tert-OH is 1. The van der Waals surface area contributed by atoms with Crippen LogP contribution in [0.25, 0.3) is 0 Å². The van der Waals surface area contributed by atoms with E-state index in [2.05, 4.69) is 23.1 Å². The van der Waals surface area contributed by atoms with Gasteiger partial charge in [-0.3, -0.25) is 0 Å². The Hall–Kier alpha value is -0.810. The Balaban J connectivity index is 2.81. The molecule has 0 saturated carbocycles. The molecule has 0 bridgehead atoms. The first-order valence-electron chi connectivity index (χ1n) is 5.32. The predicted molar refractivity (Wildman–Crippen MR) is 65.3 cm³/mol. The summed E-state index contributed by atoms with van der Waals surface area (Å²) < 4.78 is 4.07. The van der Waals surface area contributed by atoms with Crippen molar-refractivity contribution in [2.75, 3.05) is 23.8 Å². The van der Waals surface area contributed by atoms with Gasteiger partial charge in [0.1, 0.15) is 10.8 Å². The molecule has 0 unspecified atom stereocenters. The third-order valence-electron chi connectivity index (χ3n) is 2.52. The second-order valence-electron chi connectivity index (χ2n) is 3.48. The Morgan fingerprint density at radius 3 is 2.60 bits per heavy atom. The number of aromatic nitrogens is 1. The minimum Gasteiger partial charge on any atom is -0.395 e. The number of anilines is 2. The van der Waals surface area contributed by atoms with E-state index in [0.717, 1.165) is 17.8 Å². The monoisotopic (exact) mass is 229 g/mol. The molecule has 15 heavy (non-hydrogen) atoms. The number of hydrogen-bond donors (Lipinski definition) is 2. The summed E-state index contributed by atoms with van der Waals surface area (Å²) in [6.45, 7) is 5.12. The van der Waals surface area contributed by atoms with Crippen LogP contribution in [-0.4, -0.2) is 28.7 Å². The highest BCUT2D eigenvalue weighted by atomic mass is 32.1. The Morgan fingerprint density at radius 2 is 2.20 bits per heavy atom. The molecule has 0 aliphatic rings. The van der Waals surface area contributed by atoms with Gasteiger partial charge in [0.15, 0.2) is 0 Å². The maximum absolute atomic E-state index is 9.06. The molecule has 0 aliphatic heterocycles. The van der Waals surface area contributed by atoms with E-state index in [1.165, 1.54) is 11.5 Å². The van der Waals surface area contributed by atoms with Crippen LogP contribution in [0, 0.1) is 0 Å². The van der Waals surface area contributed by atoms with Gasteiger partial charge < -0.3 is 15.7 Å². The maximum Gasteiger partial charge on any atom is 0.139 e.